The molecule has 1 unspecified atom stereocenters. The maximum absolute atomic E-state index is 12.2. The van der Waals surface area contributed by atoms with Crippen LogP contribution in [0.25, 0.3) is 0 Å². The molecule has 0 saturated heterocycles. The monoisotopic (exact) mass is 352 g/mol. The van der Waals surface area contributed by atoms with Gasteiger partial charge in [0.25, 0.3) is 0 Å². The Bertz CT molecular complexity index is 278. The van der Waals surface area contributed by atoms with Gasteiger partial charge in [-0.1, -0.05) is 41.9 Å². The van der Waals surface area contributed by atoms with Gasteiger partial charge in [0.2, 0.25) is 0 Å². The first-order valence-corrected chi connectivity index (χ1v) is 7.87. The highest BCUT2D eigenvalue weighted by Crippen LogP contribution is 2.38. The molecule has 0 aromatic rings. The number of unbranched alkanes of at least 4 members (excludes halogenated alkanes) is 1. The molecule has 1 atom stereocenters. The molecule has 1 fully saturated rings. The first-order chi connectivity index (χ1) is 8.17. The highest BCUT2D eigenvalue weighted by atomic mass is 127. The number of ether oxygens (including phenoxy) is 1. The van der Waals surface area contributed by atoms with E-state index in [0.717, 1.165) is 36.5 Å². The van der Waals surface area contributed by atoms with Crippen molar-refractivity contribution in [2.24, 2.45) is 5.41 Å². The molecule has 3 nitrogen and oxygen atoms in total. The quantitative estimate of drug-likeness (QED) is 0.190. The van der Waals surface area contributed by atoms with Crippen molar-refractivity contribution in [3.8, 4) is 0 Å². The number of rotatable bonds is 5. The summed E-state index contributed by atoms with van der Waals surface area (Å²) in [4.78, 5) is 24.2. The summed E-state index contributed by atoms with van der Waals surface area (Å²) in [5, 5.41) is 0. The average molecular weight is 352 g/mol. The van der Waals surface area contributed by atoms with Crippen molar-refractivity contribution in [1.82, 2.24) is 0 Å². The molecule has 0 aromatic carbocycles. The van der Waals surface area contributed by atoms with Crippen LogP contribution >= 0.6 is 22.6 Å². The van der Waals surface area contributed by atoms with Crippen LogP contribution in [0.3, 0.4) is 0 Å². The molecule has 0 heterocycles. The van der Waals surface area contributed by atoms with Gasteiger partial charge >= 0.3 is 5.97 Å². The van der Waals surface area contributed by atoms with E-state index in [0.29, 0.717) is 19.3 Å². The van der Waals surface area contributed by atoms with Crippen molar-refractivity contribution < 1.29 is 14.3 Å². The standard InChI is InChI=1S/C13H21IO3/c1-17-12(16)13(9-5-6-10-14)8-4-2-3-7-11(13)15/h2-10H2,1H3. The first-order valence-electron chi connectivity index (χ1n) is 6.35. The summed E-state index contributed by atoms with van der Waals surface area (Å²) in [6.45, 7) is 0. The van der Waals surface area contributed by atoms with Crippen molar-refractivity contribution in [3.05, 3.63) is 0 Å². The minimum atomic E-state index is -0.822. The van der Waals surface area contributed by atoms with Crippen LogP contribution in [-0.2, 0) is 14.3 Å². The Labute approximate surface area is 117 Å². The van der Waals surface area contributed by atoms with Gasteiger partial charge in [-0.3, -0.25) is 9.59 Å². The number of ketones is 1. The molecule has 0 aliphatic heterocycles. The van der Waals surface area contributed by atoms with Gasteiger partial charge in [0, 0.05) is 6.42 Å². The largest absolute Gasteiger partial charge is 0.468 e. The molecule has 0 N–H and O–H groups in total. The number of carbonyl (C=O) groups excluding carboxylic acids is 2. The number of halogens is 1. The lowest BCUT2D eigenvalue weighted by molar-refractivity contribution is -0.159. The van der Waals surface area contributed by atoms with Gasteiger partial charge in [-0.2, -0.15) is 0 Å². The van der Waals surface area contributed by atoms with E-state index in [4.69, 9.17) is 4.74 Å². The molecule has 4 heteroatoms. The molecule has 17 heavy (non-hydrogen) atoms. The third-order valence-electron chi connectivity index (χ3n) is 3.60. The second-order valence-electron chi connectivity index (χ2n) is 4.70. The predicted molar refractivity (Wildman–Crippen MR) is 75.3 cm³/mol. The van der Waals surface area contributed by atoms with Crippen molar-refractivity contribution in [2.75, 3.05) is 11.5 Å². The molecule has 0 spiro atoms. The number of hydrogen-bond acceptors (Lipinski definition) is 3. The summed E-state index contributed by atoms with van der Waals surface area (Å²) in [5.41, 5.74) is -0.822. The number of carbonyl (C=O) groups is 2. The Morgan fingerprint density at radius 1 is 1.35 bits per heavy atom. The summed E-state index contributed by atoms with van der Waals surface area (Å²) >= 11 is 2.32. The number of methoxy groups -OCH3 is 1. The molecule has 0 radical (unpaired) electrons. The topological polar surface area (TPSA) is 43.4 Å². The van der Waals surface area contributed by atoms with Crippen LogP contribution in [-0.4, -0.2) is 23.3 Å². The Morgan fingerprint density at radius 3 is 2.76 bits per heavy atom. The second kappa shape index (κ2) is 7.34. The second-order valence-corrected chi connectivity index (χ2v) is 5.78. The minimum absolute atomic E-state index is 0.107. The highest BCUT2D eigenvalue weighted by molar-refractivity contribution is 14.1. The van der Waals surface area contributed by atoms with Crippen LogP contribution in [0, 0.1) is 5.41 Å². The van der Waals surface area contributed by atoms with E-state index in [9.17, 15) is 9.59 Å². The summed E-state index contributed by atoms with van der Waals surface area (Å²) in [5.74, 6) is -0.201. The van der Waals surface area contributed by atoms with E-state index in [1.54, 1.807) is 0 Å². The van der Waals surface area contributed by atoms with Crippen molar-refractivity contribution in [2.45, 2.75) is 51.4 Å². The molecule has 1 aliphatic carbocycles. The Hall–Kier alpha value is -0.130. The zero-order valence-corrected chi connectivity index (χ0v) is 12.6. The lowest BCUT2D eigenvalue weighted by Crippen LogP contribution is -2.39. The third kappa shape index (κ3) is 3.66. The smallest absolute Gasteiger partial charge is 0.319 e. The summed E-state index contributed by atoms with van der Waals surface area (Å²) in [7, 11) is 1.39. The fraction of sp³-hybridized carbons (Fsp3) is 0.846. The predicted octanol–water partition coefficient (Wildman–Crippen LogP) is 3.28. The van der Waals surface area contributed by atoms with E-state index in [-0.39, 0.29) is 11.8 Å². The Morgan fingerprint density at radius 2 is 2.12 bits per heavy atom. The van der Waals surface area contributed by atoms with Gasteiger partial charge in [0.15, 0.2) is 0 Å². The van der Waals surface area contributed by atoms with Crippen LogP contribution < -0.4 is 0 Å². The third-order valence-corrected chi connectivity index (χ3v) is 4.37. The molecule has 1 rings (SSSR count). The molecule has 98 valence electrons. The summed E-state index contributed by atoms with van der Waals surface area (Å²) in [6.07, 6.45) is 6.82. The van der Waals surface area contributed by atoms with Crippen molar-refractivity contribution in [1.29, 1.82) is 0 Å². The Balaban J connectivity index is 2.81. The van der Waals surface area contributed by atoms with Crippen LogP contribution in [0.15, 0.2) is 0 Å². The van der Waals surface area contributed by atoms with E-state index >= 15 is 0 Å². The SMILES string of the molecule is COC(=O)C1(CCCCI)CCCCCC1=O. The van der Waals surface area contributed by atoms with Crippen molar-refractivity contribution >= 4 is 34.3 Å². The van der Waals surface area contributed by atoms with Crippen LogP contribution in [0.2, 0.25) is 0 Å². The fourth-order valence-corrected chi connectivity index (χ4v) is 3.11. The molecular formula is C13H21IO3. The van der Waals surface area contributed by atoms with Gasteiger partial charge in [0.1, 0.15) is 11.2 Å². The average Bonchev–Trinajstić information content (AvgIpc) is 2.52. The zero-order chi connectivity index (χ0) is 12.7. The number of alkyl halides is 1. The lowest BCUT2D eigenvalue weighted by Gasteiger charge is -2.28. The normalized spacial score (nSPS) is 25.4. The van der Waals surface area contributed by atoms with E-state index < -0.39 is 5.41 Å². The van der Waals surface area contributed by atoms with Crippen molar-refractivity contribution in [3.63, 3.8) is 0 Å². The van der Waals surface area contributed by atoms with E-state index in [1.165, 1.54) is 7.11 Å². The van der Waals surface area contributed by atoms with E-state index in [1.807, 2.05) is 0 Å². The minimum Gasteiger partial charge on any atom is -0.468 e. The van der Waals surface area contributed by atoms with Gasteiger partial charge in [-0.05, 0) is 30.1 Å². The van der Waals surface area contributed by atoms with Crippen LogP contribution in [0.1, 0.15) is 51.4 Å². The number of Topliss-reactive ketones (excluding diaryl/α,β-unsaturated/α-hetero) is 1. The summed E-state index contributed by atoms with van der Waals surface area (Å²) in [6, 6.07) is 0. The maximum Gasteiger partial charge on any atom is 0.319 e. The molecular weight excluding hydrogens is 331 g/mol. The first kappa shape index (κ1) is 14.9. The molecule has 1 aliphatic rings. The van der Waals surface area contributed by atoms with Gasteiger partial charge in [-0.25, -0.2) is 0 Å². The molecule has 1 saturated carbocycles. The van der Waals surface area contributed by atoms with Gasteiger partial charge < -0.3 is 4.74 Å². The van der Waals surface area contributed by atoms with Gasteiger partial charge in [0.05, 0.1) is 7.11 Å². The van der Waals surface area contributed by atoms with Gasteiger partial charge in [-0.15, -0.1) is 0 Å². The summed E-state index contributed by atoms with van der Waals surface area (Å²) < 4.78 is 5.96. The molecule has 0 aromatic heterocycles. The Kier molecular flexibility index (Phi) is 6.44. The van der Waals surface area contributed by atoms with Crippen LogP contribution in [0.5, 0.6) is 0 Å². The molecule has 0 amide bonds. The van der Waals surface area contributed by atoms with E-state index in [2.05, 4.69) is 22.6 Å². The number of esters is 1. The highest BCUT2D eigenvalue weighted by Gasteiger charge is 2.45. The fourth-order valence-electron chi connectivity index (χ4n) is 2.57. The lowest BCUT2D eigenvalue weighted by atomic mass is 9.75. The molecule has 0 bridgehead atoms. The number of hydrogen-bond donors (Lipinski definition) is 0. The maximum atomic E-state index is 12.2. The zero-order valence-electron chi connectivity index (χ0n) is 10.5. The van der Waals surface area contributed by atoms with Crippen LogP contribution in [0.4, 0.5) is 0 Å².